The first-order valence-corrected chi connectivity index (χ1v) is 11.7. The van der Waals surface area contributed by atoms with Crippen molar-refractivity contribution in [3.8, 4) is 5.75 Å². The SMILES string of the molecule is COc1ccccc1NC(=O)c1cnc(C2CCCCN2CC2CCCCC2)nc1C. The fourth-order valence-electron chi connectivity index (χ4n) is 5.01. The van der Waals surface area contributed by atoms with Crippen LogP contribution in [0.4, 0.5) is 5.69 Å². The molecule has 1 saturated heterocycles. The number of hydrogen-bond acceptors (Lipinski definition) is 5. The average Bonchev–Trinajstić information content (AvgIpc) is 2.80. The summed E-state index contributed by atoms with van der Waals surface area (Å²) in [5.74, 6) is 2.09. The standard InChI is InChI=1S/C25H34N4O2/c1-18-20(25(30)28-21-12-6-7-14-23(21)31-2)16-26-24(27-18)22-13-8-9-15-29(22)17-19-10-4-3-5-11-19/h6-7,12,14,16,19,22H,3-5,8-11,13,15,17H2,1-2H3,(H,28,30). The number of nitrogens with zero attached hydrogens (tertiary/aromatic N) is 3. The van der Waals surface area contributed by atoms with E-state index in [0.717, 1.165) is 36.9 Å². The maximum absolute atomic E-state index is 12.9. The van der Waals surface area contributed by atoms with E-state index >= 15 is 0 Å². The van der Waals surface area contributed by atoms with Crippen molar-refractivity contribution in [2.24, 2.45) is 5.92 Å². The number of carbonyl (C=O) groups excluding carboxylic acids is 1. The van der Waals surface area contributed by atoms with E-state index in [4.69, 9.17) is 9.72 Å². The second kappa shape index (κ2) is 10.2. The van der Waals surface area contributed by atoms with Crippen molar-refractivity contribution in [2.45, 2.75) is 64.3 Å². The third kappa shape index (κ3) is 5.24. The van der Waals surface area contributed by atoms with E-state index < -0.39 is 0 Å². The predicted octanol–water partition coefficient (Wildman–Crippen LogP) is 5.15. The van der Waals surface area contributed by atoms with Gasteiger partial charge >= 0.3 is 0 Å². The molecule has 1 aromatic heterocycles. The number of aryl methyl sites for hydroxylation is 1. The third-order valence-electron chi connectivity index (χ3n) is 6.73. The normalized spacial score (nSPS) is 20.4. The summed E-state index contributed by atoms with van der Waals surface area (Å²) in [5, 5.41) is 2.93. The number of nitrogens with one attached hydrogen (secondary N) is 1. The van der Waals surface area contributed by atoms with Gasteiger partial charge in [0.2, 0.25) is 0 Å². The molecular weight excluding hydrogens is 388 g/mol. The number of benzene rings is 1. The Labute approximate surface area is 185 Å². The molecule has 1 N–H and O–H groups in total. The van der Waals surface area contributed by atoms with E-state index in [1.165, 1.54) is 44.9 Å². The Balaban J connectivity index is 1.48. The van der Waals surface area contributed by atoms with Crippen molar-refractivity contribution in [1.82, 2.24) is 14.9 Å². The monoisotopic (exact) mass is 422 g/mol. The van der Waals surface area contributed by atoms with Gasteiger partial charge in [-0.05, 0) is 57.2 Å². The number of carbonyl (C=O) groups is 1. The Morgan fingerprint density at radius 3 is 2.68 bits per heavy atom. The van der Waals surface area contributed by atoms with Crippen molar-refractivity contribution in [1.29, 1.82) is 0 Å². The number of methoxy groups -OCH3 is 1. The highest BCUT2D eigenvalue weighted by Gasteiger charge is 2.29. The summed E-state index contributed by atoms with van der Waals surface area (Å²) in [5.41, 5.74) is 1.87. The molecule has 1 amide bonds. The molecular formula is C25H34N4O2. The second-order valence-electron chi connectivity index (χ2n) is 8.89. The molecule has 1 aromatic carbocycles. The van der Waals surface area contributed by atoms with Gasteiger partial charge in [0.15, 0.2) is 0 Å². The topological polar surface area (TPSA) is 67.3 Å². The lowest BCUT2D eigenvalue weighted by molar-refractivity contribution is 0.102. The van der Waals surface area contributed by atoms with Gasteiger partial charge in [0.05, 0.1) is 30.1 Å². The van der Waals surface area contributed by atoms with E-state index in [1.807, 2.05) is 31.2 Å². The first-order chi connectivity index (χ1) is 15.2. The first kappa shape index (κ1) is 21.8. The minimum absolute atomic E-state index is 0.212. The molecule has 2 heterocycles. The number of hydrogen-bond donors (Lipinski definition) is 1. The Morgan fingerprint density at radius 1 is 1.13 bits per heavy atom. The maximum Gasteiger partial charge on any atom is 0.259 e. The molecule has 2 aromatic rings. The fourth-order valence-corrected chi connectivity index (χ4v) is 5.01. The summed E-state index contributed by atoms with van der Waals surface area (Å²) in [4.78, 5) is 24.9. The summed E-state index contributed by atoms with van der Waals surface area (Å²) in [6.07, 6.45) is 12.1. The van der Waals surface area contributed by atoms with Gasteiger partial charge in [0.25, 0.3) is 5.91 Å². The Hall–Kier alpha value is -2.47. The van der Waals surface area contributed by atoms with Crippen LogP contribution in [0.15, 0.2) is 30.5 Å². The number of amides is 1. The predicted molar refractivity (Wildman–Crippen MR) is 122 cm³/mol. The molecule has 1 atom stereocenters. The number of likely N-dealkylation sites (tertiary alicyclic amines) is 1. The molecule has 1 saturated carbocycles. The Bertz CT molecular complexity index is 895. The molecule has 6 heteroatoms. The summed E-state index contributed by atoms with van der Waals surface area (Å²) >= 11 is 0. The lowest BCUT2D eigenvalue weighted by Crippen LogP contribution is -2.38. The van der Waals surface area contributed by atoms with Crippen molar-refractivity contribution in [3.05, 3.63) is 47.5 Å². The molecule has 6 nitrogen and oxygen atoms in total. The van der Waals surface area contributed by atoms with E-state index in [0.29, 0.717) is 17.0 Å². The number of piperidine rings is 1. The molecule has 0 bridgehead atoms. The number of ether oxygens (including phenoxy) is 1. The second-order valence-corrected chi connectivity index (χ2v) is 8.89. The van der Waals surface area contributed by atoms with Crippen LogP contribution in [-0.2, 0) is 0 Å². The van der Waals surface area contributed by atoms with Crippen LogP contribution in [0.25, 0.3) is 0 Å². The molecule has 2 fully saturated rings. The van der Waals surface area contributed by atoms with E-state index in [9.17, 15) is 4.79 Å². The van der Waals surface area contributed by atoms with Crippen LogP contribution in [0.1, 0.15) is 79.3 Å². The van der Waals surface area contributed by atoms with Crippen LogP contribution in [0.5, 0.6) is 5.75 Å². The molecule has 166 valence electrons. The van der Waals surface area contributed by atoms with Crippen molar-refractivity contribution < 1.29 is 9.53 Å². The molecule has 1 aliphatic carbocycles. The van der Waals surface area contributed by atoms with Crippen molar-refractivity contribution in [3.63, 3.8) is 0 Å². The summed E-state index contributed by atoms with van der Waals surface area (Å²) in [6, 6.07) is 7.66. The van der Waals surface area contributed by atoms with Gasteiger partial charge in [-0.25, -0.2) is 9.97 Å². The van der Waals surface area contributed by atoms with Gasteiger partial charge in [-0.1, -0.05) is 37.8 Å². The molecule has 1 aliphatic heterocycles. The number of rotatable bonds is 6. The zero-order valence-corrected chi connectivity index (χ0v) is 18.8. The van der Waals surface area contributed by atoms with Crippen molar-refractivity contribution in [2.75, 3.05) is 25.5 Å². The largest absolute Gasteiger partial charge is 0.495 e. The minimum atomic E-state index is -0.212. The van der Waals surface area contributed by atoms with Crippen molar-refractivity contribution >= 4 is 11.6 Å². The van der Waals surface area contributed by atoms with E-state index in [2.05, 4.69) is 15.2 Å². The minimum Gasteiger partial charge on any atom is -0.495 e. The highest BCUT2D eigenvalue weighted by Crippen LogP contribution is 2.33. The van der Waals surface area contributed by atoms with Crippen LogP contribution in [0.2, 0.25) is 0 Å². The summed E-state index contributed by atoms with van der Waals surface area (Å²) in [6.45, 7) is 4.18. The van der Waals surface area contributed by atoms with Crippen LogP contribution in [0, 0.1) is 12.8 Å². The number of para-hydroxylation sites is 2. The summed E-state index contributed by atoms with van der Waals surface area (Å²) in [7, 11) is 1.59. The third-order valence-corrected chi connectivity index (χ3v) is 6.73. The van der Waals surface area contributed by atoms with Gasteiger partial charge in [0, 0.05) is 12.7 Å². The number of anilines is 1. The van der Waals surface area contributed by atoms with Crippen LogP contribution in [-0.4, -0.2) is 41.0 Å². The van der Waals surface area contributed by atoms with Crippen LogP contribution >= 0.6 is 0 Å². The van der Waals surface area contributed by atoms with Gasteiger partial charge in [-0.2, -0.15) is 0 Å². The number of aromatic nitrogens is 2. The van der Waals surface area contributed by atoms with Gasteiger partial charge in [0.1, 0.15) is 11.6 Å². The van der Waals surface area contributed by atoms with Gasteiger partial charge in [-0.3, -0.25) is 9.69 Å². The van der Waals surface area contributed by atoms with Gasteiger partial charge in [-0.15, -0.1) is 0 Å². The Kier molecular flexibility index (Phi) is 7.17. The lowest BCUT2D eigenvalue weighted by atomic mass is 9.87. The summed E-state index contributed by atoms with van der Waals surface area (Å²) < 4.78 is 5.33. The zero-order chi connectivity index (χ0) is 21.6. The average molecular weight is 423 g/mol. The first-order valence-electron chi connectivity index (χ1n) is 11.7. The molecule has 31 heavy (non-hydrogen) atoms. The highest BCUT2D eigenvalue weighted by molar-refractivity contribution is 6.05. The fraction of sp³-hybridized carbons (Fsp3) is 0.560. The molecule has 2 aliphatic rings. The molecule has 4 rings (SSSR count). The zero-order valence-electron chi connectivity index (χ0n) is 18.8. The lowest BCUT2D eigenvalue weighted by Gasteiger charge is -2.38. The maximum atomic E-state index is 12.9. The highest BCUT2D eigenvalue weighted by atomic mass is 16.5. The van der Waals surface area contributed by atoms with Gasteiger partial charge < -0.3 is 10.1 Å². The van der Waals surface area contributed by atoms with Crippen LogP contribution < -0.4 is 10.1 Å². The molecule has 1 unspecified atom stereocenters. The Morgan fingerprint density at radius 2 is 1.90 bits per heavy atom. The van der Waals surface area contributed by atoms with Crippen LogP contribution in [0.3, 0.4) is 0 Å². The molecule has 0 spiro atoms. The van der Waals surface area contributed by atoms with E-state index in [1.54, 1.807) is 13.3 Å². The van der Waals surface area contributed by atoms with E-state index in [-0.39, 0.29) is 11.9 Å². The molecule has 0 radical (unpaired) electrons. The quantitative estimate of drug-likeness (QED) is 0.697. The smallest absolute Gasteiger partial charge is 0.259 e.